The van der Waals surface area contributed by atoms with Crippen molar-refractivity contribution in [2.24, 2.45) is 5.92 Å². The van der Waals surface area contributed by atoms with Gasteiger partial charge >= 0.3 is 0 Å². The van der Waals surface area contributed by atoms with Gasteiger partial charge in [-0.2, -0.15) is 0 Å². The number of aromatic amines is 1. The van der Waals surface area contributed by atoms with Gasteiger partial charge in [-0.25, -0.2) is 0 Å². The number of carbonyl (C=O) groups excluding carboxylic acids is 1. The van der Waals surface area contributed by atoms with Crippen molar-refractivity contribution in [3.63, 3.8) is 0 Å². The summed E-state index contributed by atoms with van der Waals surface area (Å²) in [7, 11) is 0. The Labute approximate surface area is 209 Å². The third kappa shape index (κ3) is 5.87. The van der Waals surface area contributed by atoms with E-state index in [9.17, 15) is 4.79 Å². The minimum absolute atomic E-state index is 0.0334. The van der Waals surface area contributed by atoms with Crippen molar-refractivity contribution in [3.8, 4) is 0 Å². The molecule has 0 unspecified atom stereocenters. The monoisotopic (exact) mass is 469 g/mol. The second-order valence-corrected chi connectivity index (χ2v) is 10.8. The average Bonchev–Trinajstić information content (AvgIpc) is 3.31. The van der Waals surface area contributed by atoms with E-state index < -0.39 is 0 Å². The summed E-state index contributed by atoms with van der Waals surface area (Å²) in [6, 6.07) is 15.3. The number of aromatic nitrogens is 1. The maximum Gasteiger partial charge on any atom is 0.244 e. The maximum atomic E-state index is 12.4. The van der Waals surface area contributed by atoms with E-state index >= 15 is 0 Å². The number of piperidine rings is 1. The lowest BCUT2D eigenvalue weighted by atomic mass is 9.84. The quantitative estimate of drug-likeness (QED) is 0.413. The summed E-state index contributed by atoms with van der Waals surface area (Å²) in [5.74, 6) is 1.47. The summed E-state index contributed by atoms with van der Waals surface area (Å²) in [6.07, 6.45) is 13.0. The van der Waals surface area contributed by atoms with Crippen LogP contribution in [-0.2, 0) is 4.79 Å². The van der Waals surface area contributed by atoms with Gasteiger partial charge in [0.1, 0.15) is 0 Å². The molecule has 0 bridgehead atoms. The smallest absolute Gasteiger partial charge is 0.244 e. The largest absolute Gasteiger partial charge is 0.361 e. The van der Waals surface area contributed by atoms with Crippen LogP contribution in [0.15, 0.2) is 54.7 Å². The first-order valence-corrected chi connectivity index (χ1v) is 13.4. The molecule has 1 amide bonds. The molecule has 5 rings (SSSR count). The van der Waals surface area contributed by atoms with Crippen molar-refractivity contribution in [3.05, 3.63) is 77.0 Å². The molecule has 4 nitrogen and oxygen atoms in total. The second-order valence-electron chi connectivity index (χ2n) is 10.8. The lowest BCUT2D eigenvalue weighted by molar-refractivity contribution is -0.117. The third-order valence-electron chi connectivity index (χ3n) is 8.32. The SMILES string of the molecule is Cc1ccc(/C=C/C(=O)NC2CCC(CN3CCC(c4c[nH]c5ccccc45)CC3)CC2)cc1C. The molecule has 2 heterocycles. The fourth-order valence-corrected chi connectivity index (χ4v) is 6.00. The molecule has 1 saturated heterocycles. The molecule has 1 aliphatic heterocycles. The molecule has 2 N–H and O–H groups in total. The summed E-state index contributed by atoms with van der Waals surface area (Å²) in [6.45, 7) is 7.83. The van der Waals surface area contributed by atoms with Crippen LogP contribution in [0.4, 0.5) is 0 Å². The number of carbonyl (C=O) groups is 1. The van der Waals surface area contributed by atoms with Crippen LogP contribution in [0.2, 0.25) is 0 Å². The number of fused-ring (bicyclic) bond motifs is 1. The molecule has 184 valence electrons. The predicted octanol–water partition coefficient (Wildman–Crippen LogP) is 6.35. The van der Waals surface area contributed by atoms with Crippen LogP contribution in [0.3, 0.4) is 0 Å². The number of likely N-dealkylation sites (tertiary alicyclic amines) is 1. The minimum atomic E-state index is 0.0334. The van der Waals surface area contributed by atoms with Gasteiger partial charge in [0.05, 0.1) is 0 Å². The molecule has 1 saturated carbocycles. The number of aryl methyl sites for hydroxylation is 2. The molecule has 3 aromatic rings. The summed E-state index contributed by atoms with van der Waals surface area (Å²) in [5, 5.41) is 4.63. The first-order valence-electron chi connectivity index (χ1n) is 13.4. The Balaban J connectivity index is 1.04. The average molecular weight is 470 g/mol. The van der Waals surface area contributed by atoms with Gasteiger partial charge in [0, 0.05) is 35.8 Å². The summed E-state index contributed by atoms with van der Waals surface area (Å²) < 4.78 is 0. The number of hydrogen-bond donors (Lipinski definition) is 2. The van der Waals surface area contributed by atoms with Crippen LogP contribution < -0.4 is 5.32 Å². The van der Waals surface area contributed by atoms with Crippen LogP contribution in [0.25, 0.3) is 17.0 Å². The van der Waals surface area contributed by atoms with Crippen molar-refractivity contribution < 1.29 is 4.79 Å². The van der Waals surface area contributed by atoms with Gasteiger partial charge in [-0.15, -0.1) is 0 Å². The minimum Gasteiger partial charge on any atom is -0.361 e. The molecule has 0 atom stereocenters. The highest BCUT2D eigenvalue weighted by molar-refractivity contribution is 5.92. The van der Waals surface area contributed by atoms with Crippen LogP contribution in [0, 0.1) is 19.8 Å². The zero-order valence-corrected chi connectivity index (χ0v) is 21.2. The summed E-state index contributed by atoms with van der Waals surface area (Å²) >= 11 is 0. The zero-order chi connectivity index (χ0) is 24.2. The molecule has 2 aromatic carbocycles. The Morgan fingerprint density at radius 3 is 2.54 bits per heavy atom. The van der Waals surface area contributed by atoms with E-state index in [0.29, 0.717) is 12.0 Å². The highest BCUT2D eigenvalue weighted by Gasteiger charge is 2.27. The van der Waals surface area contributed by atoms with E-state index in [1.807, 2.05) is 6.08 Å². The van der Waals surface area contributed by atoms with E-state index in [1.54, 1.807) is 6.08 Å². The number of amides is 1. The Kier molecular flexibility index (Phi) is 7.38. The molecular formula is C31H39N3O. The molecule has 0 spiro atoms. The van der Waals surface area contributed by atoms with Crippen molar-refractivity contribution in [1.82, 2.24) is 15.2 Å². The molecule has 0 radical (unpaired) electrons. The Morgan fingerprint density at radius 2 is 1.77 bits per heavy atom. The predicted molar refractivity (Wildman–Crippen MR) is 146 cm³/mol. The number of nitrogens with zero attached hydrogens (tertiary/aromatic N) is 1. The van der Waals surface area contributed by atoms with E-state index in [-0.39, 0.29) is 5.91 Å². The van der Waals surface area contributed by atoms with Crippen molar-refractivity contribution in [2.75, 3.05) is 19.6 Å². The third-order valence-corrected chi connectivity index (χ3v) is 8.32. The molecule has 2 fully saturated rings. The number of H-pyrrole nitrogens is 1. The summed E-state index contributed by atoms with van der Waals surface area (Å²) in [4.78, 5) is 18.6. The van der Waals surface area contributed by atoms with Crippen LogP contribution >= 0.6 is 0 Å². The van der Waals surface area contributed by atoms with Crippen molar-refractivity contribution >= 4 is 22.9 Å². The van der Waals surface area contributed by atoms with E-state index in [2.05, 4.69) is 77.7 Å². The van der Waals surface area contributed by atoms with Crippen LogP contribution in [-0.4, -0.2) is 41.5 Å². The second kappa shape index (κ2) is 10.8. The van der Waals surface area contributed by atoms with Gasteiger partial charge in [0.2, 0.25) is 5.91 Å². The lowest BCUT2D eigenvalue weighted by Gasteiger charge is -2.36. The zero-order valence-electron chi connectivity index (χ0n) is 21.2. The number of rotatable bonds is 6. The number of nitrogens with one attached hydrogen (secondary N) is 2. The van der Waals surface area contributed by atoms with Gasteiger partial charge in [0.15, 0.2) is 0 Å². The van der Waals surface area contributed by atoms with Crippen molar-refractivity contribution in [1.29, 1.82) is 0 Å². The van der Waals surface area contributed by atoms with Crippen LogP contribution in [0.1, 0.15) is 66.7 Å². The van der Waals surface area contributed by atoms with E-state index in [0.717, 1.165) is 24.3 Å². The number of benzene rings is 2. The standard InChI is InChI=1S/C31H39N3O/c1-22-7-8-24(19-23(22)2)11-14-31(35)33-27-12-9-25(10-13-27)21-34-17-15-26(16-18-34)29-20-32-30-6-4-3-5-28(29)30/h3-8,11,14,19-20,25-27,32H,9-10,12-13,15-18,21H2,1-2H3,(H,33,35)/b14-11+. The molecule has 35 heavy (non-hydrogen) atoms. The molecule has 1 aliphatic carbocycles. The van der Waals surface area contributed by atoms with Crippen molar-refractivity contribution in [2.45, 2.75) is 64.3 Å². The fraction of sp³-hybridized carbons (Fsp3) is 0.452. The fourth-order valence-electron chi connectivity index (χ4n) is 6.00. The lowest BCUT2D eigenvalue weighted by Crippen LogP contribution is -2.41. The molecular weight excluding hydrogens is 430 g/mol. The molecule has 1 aromatic heterocycles. The maximum absolute atomic E-state index is 12.4. The normalized spacial score (nSPS) is 22.1. The van der Waals surface area contributed by atoms with E-state index in [1.165, 1.54) is 72.9 Å². The first-order chi connectivity index (χ1) is 17.0. The topological polar surface area (TPSA) is 48.1 Å². The molecule has 2 aliphatic rings. The number of para-hydroxylation sites is 1. The van der Waals surface area contributed by atoms with Gasteiger partial charge in [-0.3, -0.25) is 4.79 Å². The van der Waals surface area contributed by atoms with Gasteiger partial charge < -0.3 is 15.2 Å². The Bertz CT molecular complexity index is 1180. The number of hydrogen-bond acceptors (Lipinski definition) is 2. The Hall–Kier alpha value is -2.85. The first kappa shape index (κ1) is 23.9. The molecule has 4 heteroatoms. The Morgan fingerprint density at radius 1 is 1.00 bits per heavy atom. The highest BCUT2D eigenvalue weighted by atomic mass is 16.1. The summed E-state index contributed by atoms with van der Waals surface area (Å²) in [5.41, 5.74) is 6.38. The van der Waals surface area contributed by atoms with Gasteiger partial charge in [-0.05, 0) is 112 Å². The van der Waals surface area contributed by atoms with Gasteiger partial charge in [-0.1, -0.05) is 36.4 Å². The highest BCUT2D eigenvalue weighted by Crippen LogP contribution is 2.34. The van der Waals surface area contributed by atoms with E-state index in [4.69, 9.17) is 0 Å². The van der Waals surface area contributed by atoms with Crippen LogP contribution in [0.5, 0.6) is 0 Å². The van der Waals surface area contributed by atoms with Gasteiger partial charge in [0.25, 0.3) is 0 Å².